The fourth-order valence-electron chi connectivity index (χ4n) is 1.18. The Bertz CT molecular complexity index is 388. The topological polar surface area (TPSA) is 483 Å². The Kier molecular flexibility index (Phi) is 38.4. The summed E-state index contributed by atoms with van der Waals surface area (Å²) < 4.78 is 0.724. The van der Waals surface area contributed by atoms with E-state index in [9.17, 15) is 0 Å². The number of alkyl halides is 1. The van der Waals surface area contributed by atoms with Gasteiger partial charge in [-0.3, -0.25) is 5.84 Å². The van der Waals surface area contributed by atoms with E-state index < -0.39 is 0 Å². The zero-order valence-electron chi connectivity index (χ0n) is 20.7. The van der Waals surface area contributed by atoms with E-state index in [0.29, 0.717) is 0 Å². The van der Waals surface area contributed by atoms with E-state index in [4.69, 9.17) is 5.84 Å². The summed E-state index contributed by atoms with van der Waals surface area (Å²) in [4.78, 5) is 0. The number of hydrogen-bond donors (Lipinski definition) is 39. The lowest BCUT2D eigenvalue weighted by atomic mass is 11.5. The van der Waals surface area contributed by atoms with Crippen LogP contribution in [0.3, 0.4) is 0 Å². The van der Waals surface area contributed by atoms with Crippen LogP contribution in [0.5, 0.6) is 0 Å². The third-order valence-corrected chi connectivity index (χ3v) is 2.80. The van der Waals surface area contributed by atoms with Crippen LogP contribution in [-0.4, -0.2) is 4.55 Å². The van der Waals surface area contributed by atoms with E-state index in [1.54, 1.807) is 0 Å². The van der Waals surface area contributed by atoms with Crippen molar-refractivity contribution in [1.82, 2.24) is 210 Å². The lowest BCUT2D eigenvalue weighted by Gasteiger charge is -2.16. The van der Waals surface area contributed by atoms with Crippen LogP contribution >= 0.6 is 22.6 Å². The van der Waals surface area contributed by atoms with E-state index >= 15 is 0 Å². The molecule has 0 aliphatic carbocycles. The van der Waals surface area contributed by atoms with Gasteiger partial charge in [0, 0.05) is 0 Å². The number of hydrogen-bond acceptors (Lipinski definition) is 39. The lowest BCUT2D eigenvalue weighted by molar-refractivity contribution is 0.180. The first-order chi connectivity index (χ1) is 20.4. The van der Waals surface area contributed by atoms with Gasteiger partial charge in [0.1, 0.15) is 0 Å². The Hall–Kier alpha value is -0.830. The van der Waals surface area contributed by atoms with E-state index in [1.165, 1.54) is 0 Å². The molecule has 0 rings (SSSR count). The molecule has 39 nitrogen and oxygen atoms in total. The van der Waals surface area contributed by atoms with Crippen LogP contribution in [0.4, 0.5) is 0 Å². The van der Waals surface area contributed by atoms with Crippen molar-refractivity contribution in [1.29, 1.82) is 0 Å². The molecule has 0 aromatic rings. The molecule has 0 spiro atoms. The number of halogens is 1. The average molecular weight is 728 g/mol. The van der Waals surface area contributed by atoms with Crippen molar-refractivity contribution in [2.45, 2.75) is 0 Å². The number of nitrogens with one attached hydrogen (secondary N) is 38. The molecule has 0 amide bonds. The maximum absolute atomic E-state index is 4.93. The Morgan fingerprint density at radius 2 is 0.390 bits per heavy atom. The molecule has 248 valence electrons. The van der Waals surface area contributed by atoms with Gasteiger partial charge in [0.15, 0.2) is 0 Å². The molecule has 0 aliphatic heterocycles. The molecule has 0 atom stereocenters. The van der Waals surface area contributed by atoms with Crippen LogP contribution in [0.15, 0.2) is 0 Å². The molecule has 0 saturated heterocycles. The van der Waals surface area contributed by atoms with Gasteiger partial charge < -0.3 is 0 Å². The van der Waals surface area contributed by atoms with Crippen LogP contribution in [0, 0.1) is 0 Å². The Labute approximate surface area is 243 Å². The molecule has 0 saturated carbocycles. The van der Waals surface area contributed by atoms with Crippen molar-refractivity contribution >= 4 is 22.6 Å². The fraction of sp³-hybridized carbons (Fsp3) is 1.00. The fourth-order valence-corrected chi connectivity index (χ4v) is 1.37. The van der Waals surface area contributed by atoms with Crippen molar-refractivity contribution in [2.24, 2.45) is 5.84 Å². The molecule has 41 heavy (non-hydrogen) atoms. The molecular formula is CH42IN39. The largest absolute Gasteiger partial charge is 0.257 e. The number of rotatable bonds is 38. The third kappa shape index (κ3) is 39.2. The summed E-state index contributed by atoms with van der Waals surface area (Å²) >= 11 is 2.13. The highest BCUT2D eigenvalue weighted by Gasteiger charge is 1.86. The standard InChI is InChI=1S/CH42IN39/c2-1-4-6-8-10-12-14-16-18-20-22-24-26-28-30-32-34-36-38-40-41-39-37-35-33-31-29-27-25-23-21-19-17-15-13-11-9-7-5-3/h4-41H,1,3H2. The van der Waals surface area contributed by atoms with E-state index in [1.807, 2.05) is 0 Å². The minimum absolute atomic E-state index is 0.724. The molecule has 0 bridgehead atoms. The Morgan fingerprint density at radius 1 is 0.244 bits per heavy atom. The van der Waals surface area contributed by atoms with Crippen molar-refractivity contribution in [2.75, 3.05) is 4.55 Å². The maximum atomic E-state index is 4.93. The van der Waals surface area contributed by atoms with Gasteiger partial charge in [-0.05, 0) is 0 Å². The van der Waals surface area contributed by atoms with Crippen LogP contribution in [0.25, 0.3) is 0 Å². The number of nitrogens with two attached hydrogens (primary N) is 1. The van der Waals surface area contributed by atoms with Crippen molar-refractivity contribution in [3.05, 3.63) is 0 Å². The minimum Gasteiger partial charge on any atom is -0.257 e. The quantitative estimate of drug-likeness (QED) is 0.00701. The minimum atomic E-state index is 0.724. The summed E-state index contributed by atoms with van der Waals surface area (Å²) in [5.41, 5.74) is 94.8. The molecule has 40 N–H and O–H groups in total. The SMILES string of the molecule is NNNNNNNNNNNNNNNNNNNNNNNNNNNNNNNNNNNNNNNCI. The lowest BCUT2D eigenvalue weighted by Crippen LogP contribution is -2.70. The highest BCUT2D eigenvalue weighted by molar-refractivity contribution is 14.1. The van der Waals surface area contributed by atoms with Gasteiger partial charge in [-0.15, -0.1) is 0 Å². The molecule has 0 heterocycles. The van der Waals surface area contributed by atoms with Crippen molar-refractivity contribution < 1.29 is 0 Å². The normalized spacial score (nSPS) is 11.6. The highest BCUT2D eigenvalue weighted by atomic mass is 127. The van der Waals surface area contributed by atoms with Crippen molar-refractivity contribution in [3.63, 3.8) is 0 Å². The molecule has 0 fully saturated rings. The predicted octanol–water partition coefficient (Wildman–Crippen LogP) is -18.5. The molecule has 0 aromatic carbocycles. The maximum Gasteiger partial charge on any atom is 0.0632 e. The Morgan fingerprint density at radius 3 is 0.537 bits per heavy atom. The predicted molar refractivity (Wildman–Crippen MR) is 142 cm³/mol. The third-order valence-electron chi connectivity index (χ3n) is 2.41. The zero-order chi connectivity index (χ0) is 29.6. The first kappa shape index (κ1) is 40.2. The van der Waals surface area contributed by atoms with Crippen LogP contribution in [0.1, 0.15) is 0 Å². The van der Waals surface area contributed by atoms with Gasteiger partial charge in [-0.1, -0.05) is 22.6 Å². The molecule has 0 aromatic heterocycles. The average Bonchev–Trinajstić information content (AvgIpc) is 2.98. The smallest absolute Gasteiger partial charge is 0.0632 e. The van der Waals surface area contributed by atoms with E-state index in [-0.39, 0.29) is 0 Å². The first-order valence-electron chi connectivity index (χ1n) is 10.2. The van der Waals surface area contributed by atoms with Crippen LogP contribution in [-0.2, 0) is 0 Å². The second-order valence-corrected chi connectivity index (χ2v) is 5.72. The van der Waals surface area contributed by atoms with Gasteiger partial charge in [-0.2, -0.15) is 205 Å². The molecule has 0 unspecified atom stereocenters. The molecule has 40 heteroatoms. The number of hydrazine groups is 38. The first-order valence-corrected chi connectivity index (χ1v) is 11.7. The summed E-state index contributed by atoms with van der Waals surface area (Å²) in [6.45, 7) is 0. The summed E-state index contributed by atoms with van der Waals surface area (Å²) in [5, 5.41) is 0. The van der Waals surface area contributed by atoms with E-state index in [2.05, 4.69) is 233 Å². The molecule has 0 radical (unpaired) electrons. The summed E-state index contributed by atoms with van der Waals surface area (Å²) in [6, 6.07) is 0. The molecular weight excluding hydrogens is 685 g/mol. The van der Waals surface area contributed by atoms with Crippen molar-refractivity contribution in [3.8, 4) is 0 Å². The highest BCUT2D eigenvalue weighted by Crippen LogP contribution is 1.65. The van der Waals surface area contributed by atoms with Gasteiger partial charge in [0.05, 0.1) is 4.55 Å². The molecule has 0 aliphatic rings. The zero-order valence-corrected chi connectivity index (χ0v) is 22.8. The van der Waals surface area contributed by atoms with Crippen LogP contribution < -0.4 is 216 Å². The summed E-state index contributed by atoms with van der Waals surface area (Å²) in [6.07, 6.45) is 0. The second-order valence-electron chi connectivity index (χ2n) is 4.95. The summed E-state index contributed by atoms with van der Waals surface area (Å²) in [5.74, 6) is 4.93. The van der Waals surface area contributed by atoms with Gasteiger partial charge >= 0.3 is 0 Å². The summed E-state index contributed by atoms with van der Waals surface area (Å²) in [7, 11) is 0. The Balaban J connectivity index is 3.02. The van der Waals surface area contributed by atoms with E-state index in [0.717, 1.165) is 4.55 Å². The van der Waals surface area contributed by atoms with Gasteiger partial charge in [-0.25, -0.2) is 5.43 Å². The van der Waals surface area contributed by atoms with Gasteiger partial charge in [0.25, 0.3) is 0 Å². The van der Waals surface area contributed by atoms with Crippen LogP contribution in [0.2, 0.25) is 0 Å². The second kappa shape index (κ2) is 39.2. The monoisotopic (exact) mass is 727 g/mol. The van der Waals surface area contributed by atoms with Gasteiger partial charge in [0.2, 0.25) is 0 Å².